The number of rotatable bonds is 1. The Labute approximate surface area is 93.7 Å². The molecule has 1 heterocycles. The van der Waals surface area contributed by atoms with Crippen LogP contribution in [0.2, 0.25) is 19.1 Å². The summed E-state index contributed by atoms with van der Waals surface area (Å²) in [5.41, 5.74) is 9.11. The molecule has 0 amide bonds. The van der Waals surface area contributed by atoms with E-state index in [0.29, 0.717) is 0 Å². The summed E-state index contributed by atoms with van der Waals surface area (Å²) in [5, 5.41) is 0. The van der Waals surface area contributed by atoms with Gasteiger partial charge in [-0.2, -0.15) is 0 Å². The topological polar surface area (TPSA) is 26.0 Å². The van der Waals surface area contributed by atoms with Crippen molar-refractivity contribution in [3.63, 3.8) is 0 Å². The maximum absolute atomic E-state index is 5.87. The number of hydrogen-bond donors (Lipinski definition) is 1. The maximum atomic E-state index is 5.87. The van der Waals surface area contributed by atoms with Crippen LogP contribution in [0.4, 0.5) is 5.69 Å². The van der Waals surface area contributed by atoms with Crippen molar-refractivity contribution in [1.82, 2.24) is 0 Å². The summed E-state index contributed by atoms with van der Waals surface area (Å²) < 4.78 is 0. The van der Waals surface area contributed by atoms with Crippen molar-refractivity contribution in [2.24, 2.45) is 0 Å². The molecule has 0 bridgehead atoms. The SMILES string of the molecule is C[Si]1(C)CCCCC1c1cccc(N)c1. The molecule has 1 nitrogen and oxygen atoms in total. The fourth-order valence-electron chi connectivity index (χ4n) is 2.89. The fourth-order valence-corrected chi connectivity index (χ4v) is 6.46. The average Bonchev–Trinajstić information content (AvgIpc) is 2.17. The highest BCUT2D eigenvalue weighted by Gasteiger charge is 2.34. The van der Waals surface area contributed by atoms with Crippen LogP contribution in [-0.4, -0.2) is 8.07 Å². The fraction of sp³-hybridized carbons (Fsp3) is 0.538. The summed E-state index contributed by atoms with van der Waals surface area (Å²) in [6, 6.07) is 10.0. The largest absolute Gasteiger partial charge is 0.399 e. The van der Waals surface area contributed by atoms with Crippen LogP contribution in [0.25, 0.3) is 0 Å². The smallest absolute Gasteiger partial charge is 0.0552 e. The molecule has 2 heteroatoms. The molecule has 1 aliphatic rings. The van der Waals surface area contributed by atoms with Gasteiger partial charge in [-0.15, -0.1) is 0 Å². The van der Waals surface area contributed by atoms with E-state index in [1.54, 1.807) is 0 Å². The van der Waals surface area contributed by atoms with Gasteiger partial charge in [-0.3, -0.25) is 0 Å². The number of anilines is 1. The second kappa shape index (κ2) is 4.01. The van der Waals surface area contributed by atoms with Crippen molar-refractivity contribution in [3.05, 3.63) is 29.8 Å². The minimum atomic E-state index is -1.04. The molecule has 0 aliphatic carbocycles. The Kier molecular flexibility index (Phi) is 2.87. The molecule has 1 fully saturated rings. The molecule has 0 radical (unpaired) electrons. The lowest BCUT2D eigenvalue weighted by molar-refractivity contribution is 0.634. The predicted octanol–water partition coefficient (Wildman–Crippen LogP) is 3.78. The zero-order valence-electron chi connectivity index (χ0n) is 9.79. The molecule has 1 aliphatic heterocycles. The molecule has 1 aromatic rings. The monoisotopic (exact) mass is 219 g/mol. The third kappa shape index (κ3) is 2.25. The van der Waals surface area contributed by atoms with E-state index in [1.807, 2.05) is 6.07 Å². The van der Waals surface area contributed by atoms with Crippen LogP contribution in [0, 0.1) is 0 Å². The van der Waals surface area contributed by atoms with E-state index in [9.17, 15) is 0 Å². The van der Waals surface area contributed by atoms with Gasteiger partial charge in [-0.05, 0) is 29.7 Å². The van der Waals surface area contributed by atoms with E-state index in [-0.39, 0.29) is 0 Å². The highest BCUT2D eigenvalue weighted by Crippen LogP contribution is 2.40. The van der Waals surface area contributed by atoms with E-state index in [4.69, 9.17) is 5.73 Å². The van der Waals surface area contributed by atoms with Gasteiger partial charge in [0.15, 0.2) is 0 Å². The van der Waals surface area contributed by atoms with Crippen LogP contribution >= 0.6 is 0 Å². The number of benzene rings is 1. The summed E-state index contributed by atoms with van der Waals surface area (Å²) in [4.78, 5) is 0. The van der Waals surface area contributed by atoms with Crippen LogP contribution in [0.3, 0.4) is 0 Å². The van der Waals surface area contributed by atoms with Crippen LogP contribution in [0.5, 0.6) is 0 Å². The second-order valence-corrected chi connectivity index (χ2v) is 10.6. The van der Waals surface area contributed by atoms with Crippen molar-refractivity contribution >= 4 is 13.8 Å². The Bertz CT molecular complexity index is 346. The standard InChI is InChI=1S/C13H21NSi/c1-15(2)9-4-3-8-13(15)11-6-5-7-12(14)10-11/h5-7,10,13H,3-4,8-9,14H2,1-2H3. The van der Waals surface area contributed by atoms with Gasteiger partial charge in [0, 0.05) is 5.69 Å². The zero-order valence-corrected chi connectivity index (χ0v) is 10.8. The molecule has 0 aromatic heterocycles. The number of nitrogens with two attached hydrogens (primary N) is 1. The van der Waals surface area contributed by atoms with E-state index in [2.05, 4.69) is 31.3 Å². The summed E-state index contributed by atoms with van der Waals surface area (Å²) >= 11 is 0. The molecule has 1 aromatic carbocycles. The van der Waals surface area contributed by atoms with Crippen molar-refractivity contribution in [2.75, 3.05) is 5.73 Å². The molecule has 0 spiro atoms. The Morgan fingerprint density at radius 1 is 1.27 bits per heavy atom. The number of nitrogen functional groups attached to an aromatic ring is 1. The Morgan fingerprint density at radius 2 is 2.07 bits per heavy atom. The highest BCUT2D eigenvalue weighted by molar-refractivity contribution is 6.78. The van der Waals surface area contributed by atoms with Gasteiger partial charge in [0.1, 0.15) is 0 Å². The highest BCUT2D eigenvalue weighted by atomic mass is 28.3. The number of hydrogen-bond acceptors (Lipinski definition) is 1. The molecule has 1 unspecified atom stereocenters. The first-order valence-corrected chi connectivity index (χ1v) is 9.23. The Morgan fingerprint density at radius 3 is 2.73 bits per heavy atom. The van der Waals surface area contributed by atoms with E-state index < -0.39 is 8.07 Å². The first kappa shape index (κ1) is 10.7. The van der Waals surface area contributed by atoms with Crippen LogP contribution in [0.15, 0.2) is 24.3 Å². The predicted molar refractivity (Wildman–Crippen MR) is 69.7 cm³/mol. The molecular formula is C13H21NSi. The van der Waals surface area contributed by atoms with Crippen molar-refractivity contribution in [2.45, 2.75) is 43.9 Å². The summed E-state index contributed by atoms with van der Waals surface area (Å²) in [7, 11) is -1.04. The lowest BCUT2D eigenvalue weighted by Gasteiger charge is -2.37. The lowest BCUT2D eigenvalue weighted by Crippen LogP contribution is -2.37. The van der Waals surface area contributed by atoms with E-state index in [1.165, 1.54) is 30.9 Å². The molecule has 0 saturated carbocycles. The van der Waals surface area contributed by atoms with Crippen LogP contribution < -0.4 is 5.73 Å². The summed E-state index contributed by atoms with van der Waals surface area (Å²) in [6.45, 7) is 5.06. The maximum Gasteiger partial charge on any atom is 0.0552 e. The third-order valence-corrected chi connectivity index (χ3v) is 7.97. The molecule has 15 heavy (non-hydrogen) atoms. The average molecular weight is 219 g/mol. The molecule has 1 saturated heterocycles. The first-order valence-electron chi connectivity index (χ1n) is 5.95. The summed E-state index contributed by atoms with van der Waals surface area (Å²) in [5.74, 6) is 0. The third-order valence-electron chi connectivity index (χ3n) is 3.82. The Hall–Kier alpha value is -0.763. The normalized spacial score (nSPS) is 25.1. The summed E-state index contributed by atoms with van der Waals surface area (Å²) in [6.07, 6.45) is 4.22. The Balaban J connectivity index is 2.29. The first-order chi connectivity index (χ1) is 7.09. The van der Waals surface area contributed by atoms with Gasteiger partial charge in [0.25, 0.3) is 0 Å². The second-order valence-electron chi connectivity index (χ2n) is 5.46. The zero-order chi connectivity index (χ0) is 10.9. The molecule has 82 valence electrons. The van der Waals surface area contributed by atoms with E-state index in [0.717, 1.165) is 11.2 Å². The quantitative estimate of drug-likeness (QED) is 0.564. The van der Waals surface area contributed by atoms with Crippen LogP contribution in [0.1, 0.15) is 30.4 Å². The molecule has 2 N–H and O–H groups in total. The van der Waals surface area contributed by atoms with Gasteiger partial charge in [0.05, 0.1) is 8.07 Å². The van der Waals surface area contributed by atoms with Gasteiger partial charge in [0.2, 0.25) is 0 Å². The minimum Gasteiger partial charge on any atom is -0.399 e. The van der Waals surface area contributed by atoms with Gasteiger partial charge in [-0.25, -0.2) is 0 Å². The van der Waals surface area contributed by atoms with Gasteiger partial charge in [-0.1, -0.05) is 44.1 Å². The molecular weight excluding hydrogens is 198 g/mol. The van der Waals surface area contributed by atoms with Crippen molar-refractivity contribution in [3.8, 4) is 0 Å². The lowest BCUT2D eigenvalue weighted by atomic mass is 10.1. The van der Waals surface area contributed by atoms with Crippen molar-refractivity contribution < 1.29 is 0 Å². The van der Waals surface area contributed by atoms with Gasteiger partial charge < -0.3 is 5.73 Å². The molecule has 2 rings (SSSR count). The minimum absolute atomic E-state index is 0.828. The van der Waals surface area contributed by atoms with Crippen molar-refractivity contribution in [1.29, 1.82) is 0 Å². The van der Waals surface area contributed by atoms with Crippen LogP contribution in [-0.2, 0) is 0 Å². The molecule has 1 atom stereocenters. The van der Waals surface area contributed by atoms with E-state index >= 15 is 0 Å². The van der Waals surface area contributed by atoms with Gasteiger partial charge >= 0.3 is 0 Å².